The van der Waals surface area contributed by atoms with E-state index in [1.165, 1.54) is 0 Å². The van der Waals surface area contributed by atoms with Crippen LogP contribution in [0.25, 0.3) is 11.3 Å². The van der Waals surface area contributed by atoms with Crippen LogP contribution in [0.3, 0.4) is 0 Å². The average Bonchev–Trinajstić information content (AvgIpc) is 2.74. The summed E-state index contributed by atoms with van der Waals surface area (Å²) >= 11 is 0. The molecule has 0 aromatic carbocycles. The van der Waals surface area contributed by atoms with E-state index in [0.717, 1.165) is 31.6 Å². The Balaban J connectivity index is 1.77. The van der Waals surface area contributed by atoms with Crippen molar-refractivity contribution in [3.63, 3.8) is 0 Å². The van der Waals surface area contributed by atoms with Gasteiger partial charge < -0.3 is 20.3 Å². The van der Waals surface area contributed by atoms with Crippen molar-refractivity contribution >= 4 is 11.8 Å². The molecule has 0 spiro atoms. The second-order valence-electron chi connectivity index (χ2n) is 9.06. The van der Waals surface area contributed by atoms with Gasteiger partial charge in [-0.15, -0.1) is 0 Å². The number of morpholine rings is 1. The molecule has 8 nitrogen and oxygen atoms in total. The first kappa shape index (κ1) is 20.8. The van der Waals surface area contributed by atoms with Gasteiger partial charge in [0.05, 0.1) is 18.9 Å². The normalized spacial score (nSPS) is 20.2. The zero-order chi connectivity index (χ0) is 21.1. The number of hydrogen-bond acceptors (Lipinski definition) is 7. The number of piperidine rings is 1. The lowest BCUT2D eigenvalue weighted by Gasteiger charge is -2.29. The van der Waals surface area contributed by atoms with Crippen LogP contribution in [-0.2, 0) is 10.2 Å². The summed E-state index contributed by atoms with van der Waals surface area (Å²) in [5, 5.41) is 6.95. The first-order chi connectivity index (χ1) is 14.4. The average molecular weight is 413 g/mol. The van der Waals surface area contributed by atoms with Gasteiger partial charge in [-0.25, -0.2) is 0 Å². The van der Waals surface area contributed by atoms with Gasteiger partial charge in [0, 0.05) is 36.8 Å². The molecule has 3 N–H and O–H groups in total. The number of aromatic nitrogens is 3. The summed E-state index contributed by atoms with van der Waals surface area (Å²) < 4.78 is 5.45. The highest BCUT2D eigenvalue weighted by molar-refractivity contribution is 5.73. The summed E-state index contributed by atoms with van der Waals surface area (Å²) in [6.45, 7) is 10.9. The molecule has 4 heterocycles. The van der Waals surface area contributed by atoms with E-state index in [9.17, 15) is 4.79 Å². The van der Waals surface area contributed by atoms with Crippen molar-refractivity contribution < 1.29 is 4.74 Å². The van der Waals surface area contributed by atoms with E-state index in [4.69, 9.17) is 14.7 Å². The second kappa shape index (κ2) is 8.73. The molecule has 1 atom stereocenters. The van der Waals surface area contributed by atoms with Gasteiger partial charge in [0.1, 0.15) is 11.4 Å². The Hall–Kier alpha value is -2.45. The van der Waals surface area contributed by atoms with E-state index in [1.807, 2.05) is 18.2 Å². The molecule has 2 fully saturated rings. The van der Waals surface area contributed by atoms with Crippen LogP contribution in [0.5, 0.6) is 0 Å². The zero-order valence-corrected chi connectivity index (χ0v) is 18.1. The Morgan fingerprint density at radius 1 is 1.20 bits per heavy atom. The number of aromatic amines is 1. The molecule has 0 amide bonds. The molecule has 2 aromatic rings. The predicted octanol–water partition coefficient (Wildman–Crippen LogP) is 2.13. The van der Waals surface area contributed by atoms with Gasteiger partial charge in [0.2, 0.25) is 5.95 Å². The van der Waals surface area contributed by atoms with E-state index in [2.05, 4.69) is 41.3 Å². The maximum absolute atomic E-state index is 13.3. The molecule has 0 saturated carbocycles. The van der Waals surface area contributed by atoms with Gasteiger partial charge >= 0.3 is 0 Å². The van der Waals surface area contributed by atoms with Crippen molar-refractivity contribution in [3.8, 4) is 11.3 Å². The van der Waals surface area contributed by atoms with Crippen LogP contribution in [0, 0.1) is 0 Å². The van der Waals surface area contributed by atoms with Crippen LogP contribution in [0.15, 0.2) is 23.0 Å². The highest BCUT2D eigenvalue weighted by atomic mass is 16.5. The van der Waals surface area contributed by atoms with Crippen LogP contribution >= 0.6 is 0 Å². The molecular weight excluding hydrogens is 380 g/mol. The lowest BCUT2D eigenvalue weighted by Crippen LogP contribution is -2.40. The highest BCUT2D eigenvalue weighted by Gasteiger charge is 2.23. The van der Waals surface area contributed by atoms with Crippen LogP contribution in [-0.4, -0.2) is 60.4 Å². The smallest absolute Gasteiger partial charge is 0.263 e. The Kier molecular flexibility index (Phi) is 6.06. The molecular formula is C22H32N6O2. The first-order valence-electron chi connectivity index (χ1n) is 10.8. The quantitative estimate of drug-likeness (QED) is 0.708. The molecule has 162 valence electrons. The molecule has 0 radical (unpaired) electrons. The summed E-state index contributed by atoms with van der Waals surface area (Å²) in [7, 11) is 0. The van der Waals surface area contributed by atoms with Crippen molar-refractivity contribution in [1.82, 2.24) is 20.3 Å². The van der Waals surface area contributed by atoms with Crippen molar-refractivity contribution in [2.45, 2.75) is 45.1 Å². The summed E-state index contributed by atoms with van der Waals surface area (Å²) in [5.74, 6) is 1.19. The van der Waals surface area contributed by atoms with E-state index < -0.39 is 0 Å². The standard InChI is InChI=1S/C22H32N6O2/c1-22(2,3)17-8-4-7-16(25-17)18-19(24-15-6-5-9-23-14-15)26-21(27-20(18)29)28-10-12-30-13-11-28/h4,7-8,15,23H,5-6,9-14H2,1-3H3,(H2,24,26,27,29). The number of nitrogens with one attached hydrogen (secondary N) is 3. The molecule has 8 heteroatoms. The van der Waals surface area contributed by atoms with Crippen LogP contribution < -0.4 is 21.1 Å². The third-order valence-electron chi connectivity index (χ3n) is 5.63. The topological polar surface area (TPSA) is 95.2 Å². The minimum absolute atomic E-state index is 0.106. The maximum atomic E-state index is 13.3. The summed E-state index contributed by atoms with van der Waals surface area (Å²) in [6, 6.07) is 6.09. The molecule has 30 heavy (non-hydrogen) atoms. The SMILES string of the molecule is CC(C)(C)c1cccc(-c2c(NC3CCCNC3)nc(N3CCOCC3)[nH]c2=O)n1. The Labute approximate surface area is 177 Å². The molecule has 2 aromatic heterocycles. The lowest BCUT2D eigenvalue weighted by molar-refractivity contribution is 0.122. The number of ether oxygens (including phenoxy) is 1. The van der Waals surface area contributed by atoms with Crippen molar-refractivity contribution in [3.05, 3.63) is 34.2 Å². The van der Waals surface area contributed by atoms with Crippen LogP contribution in [0.2, 0.25) is 0 Å². The first-order valence-corrected chi connectivity index (χ1v) is 10.8. The fourth-order valence-electron chi connectivity index (χ4n) is 3.89. The Morgan fingerprint density at radius 2 is 2.00 bits per heavy atom. The van der Waals surface area contributed by atoms with Gasteiger partial charge in [-0.1, -0.05) is 26.8 Å². The largest absolute Gasteiger partial charge is 0.378 e. The van der Waals surface area contributed by atoms with Gasteiger partial charge in [-0.05, 0) is 31.5 Å². The Morgan fingerprint density at radius 3 is 2.70 bits per heavy atom. The maximum Gasteiger partial charge on any atom is 0.263 e. The van der Waals surface area contributed by atoms with Gasteiger partial charge in [-0.3, -0.25) is 14.8 Å². The number of anilines is 2. The fraction of sp³-hybridized carbons (Fsp3) is 0.591. The number of nitrogens with zero attached hydrogens (tertiary/aromatic N) is 3. The van der Waals surface area contributed by atoms with E-state index in [0.29, 0.717) is 49.3 Å². The Bertz CT molecular complexity index is 924. The molecule has 2 aliphatic heterocycles. The summed E-state index contributed by atoms with van der Waals surface area (Å²) in [6.07, 6.45) is 2.15. The minimum atomic E-state index is -0.170. The molecule has 4 rings (SSSR count). The third-order valence-corrected chi connectivity index (χ3v) is 5.63. The third kappa shape index (κ3) is 4.65. The molecule has 1 unspecified atom stereocenters. The minimum Gasteiger partial charge on any atom is -0.378 e. The van der Waals surface area contributed by atoms with Crippen molar-refractivity contribution in [2.75, 3.05) is 49.6 Å². The molecule has 0 aliphatic carbocycles. The van der Waals surface area contributed by atoms with Gasteiger partial charge in [0.15, 0.2) is 0 Å². The van der Waals surface area contributed by atoms with Crippen molar-refractivity contribution in [2.24, 2.45) is 0 Å². The number of H-pyrrole nitrogens is 1. The number of pyridine rings is 1. The molecule has 2 saturated heterocycles. The predicted molar refractivity (Wildman–Crippen MR) is 119 cm³/mol. The zero-order valence-electron chi connectivity index (χ0n) is 18.1. The second-order valence-corrected chi connectivity index (χ2v) is 9.06. The van der Waals surface area contributed by atoms with Crippen LogP contribution in [0.4, 0.5) is 11.8 Å². The van der Waals surface area contributed by atoms with E-state index in [-0.39, 0.29) is 17.0 Å². The van der Waals surface area contributed by atoms with Crippen molar-refractivity contribution in [1.29, 1.82) is 0 Å². The van der Waals surface area contributed by atoms with Gasteiger partial charge in [0.25, 0.3) is 5.56 Å². The molecule has 0 bridgehead atoms. The highest BCUT2D eigenvalue weighted by Crippen LogP contribution is 2.27. The monoisotopic (exact) mass is 412 g/mol. The molecule has 2 aliphatic rings. The summed E-state index contributed by atoms with van der Waals surface area (Å²) in [5.41, 5.74) is 1.82. The van der Waals surface area contributed by atoms with Crippen LogP contribution in [0.1, 0.15) is 39.3 Å². The number of rotatable bonds is 4. The summed E-state index contributed by atoms with van der Waals surface area (Å²) in [4.78, 5) is 28.0. The van der Waals surface area contributed by atoms with E-state index in [1.54, 1.807) is 0 Å². The fourth-order valence-corrected chi connectivity index (χ4v) is 3.89. The van der Waals surface area contributed by atoms with E-state index >= 15 is 0 Å². The lowest BCUT2D eigenvalue weighted by atomic mass is 9.91. The number of hydrogen-bond donors (Lipinski definition) is 3. The van der Waals surface area contributed by atoms with Gasteiger partial charge in [-0.2, -0.15) is 4.98 Å².